The molecule has 0 spiro atoms. The number of carbonyl (C=O) groups excluding carboxylic acids is 1. The van der Waals surface area contributed by atoms with Gasteiger partial charge >= 0.3 is 0 Å². The molecule has 1 aromatic carbocycles. The number of rotatable bonds is 8. The number of halogens is 1. The summed E-state index contributed by atoms with van der Waals surface area (Å²) in [5, 5.41) is 19.5. The Labute approximate surface area is 202 Å². The maximum absolute atomic E-state index is 13.3. The van der Waals surface area contributed by atoms with Crippen molar-refractivity contribution in [1.82, 2.24) is 4.90 Å². The molecule has 1 aliphatic heterocycles. The lowest BCUT2D eigenvalue weighted by molar-refractivity contribution is 0.0971. The summed E-state index contributed by atoms with van der Waals surface area (Å²) >= 11 is 0. The van der Waals surface area contributed by atoms with Crippen molar-refractivity contribution in [3.63, 3.8) is 0 Å². The molecule has 1 aliphatic rings. The number of nitrogens with one attached hydrogen (secondary N) is 1. The summed E-state index contributed by atoms with van der Waals surface area (Å²) in [7, 11) is 0. The van der Waals surface area contributed by atoms with Crippen molar-refractivity contribution >= 4 is 24.0 Å². The fraction of sp³-hybridized carbons (Fsp3) is 0.704. The van der Waals surface area contributed by atoms with Crippen molar-refractivity contribution in [3.05, 3.63) is 28.8 Å². The Morgan fingerprint density at radius 2 is 1.59 bits per heavy atom. The van der Waals surface area contributed by atoms with E-state index in [0.29, 0.717) is 23.6 Å². The first kappa shape index (κ1) is 28.5. The summed E-state index contributed by atoms with van der Waals surface area (Å²) in [6.07, 6.45) is 4.75. The van der Waals surface area contributed by atoms with E-state index in [1.54, 1.807) is 0 Å². The Bertz CT molecular complexity index is 766. The number of amidine groups is 1. The number of nitrogens with zero attached hydrogens (tertiary/aromatic N) is 1. The Morgan fingerprint density at radius 1 is 1.09 bits per heavy atom. The van der Waals surface area contributed by atoms with Gasteiger partial charge in [-0.05, 0) is 41.7 Å². The molecule has 0 amide bonds. The molecule has 2 N–H and O–H groups in total. The second-order valence-electron chi connectivity index (χ2n) is 11.4. The lowest BCUT2D eigenvalue weighted by Gasteiger charge is -2.28. The van der Waals surface area contributed by atoms with Gasteiger partial charge in [0, 0.05) is 42.1 Å². The highest BCUT2D eigenvalue weighted by molar-refractivity contribution is 6.00. The quantitative estimate of drug-likeness (QED) is 0.403. The zero-order chi connectivity index (χ0) is 23.6. The van der Waals surface area contributed by atoms with Gasteiger partial charge in [-0.25, -0.2) is 0 Å². The molecule has 182 valence electrons. The zero-order valence-electron chi connectivity index (χ0n) is 21.5. The normalized spacial score (nSPS) is 17.1. The van der Waals surface area contributed by atoms with Crippen LogP contribution in [0.5, 0.6) is 5.75 Å². The molecule has 4 nitrogen and oxygen atoms in total. The predicted octanol–water partition coefficient (Wildman–Crippen LogP) is 7.11. The number of Topliss-reactive ketones (excluding diaryl/α,β-unsaturated/α-hetero) is 1. The number of phenolic OH excluding ortho intramolecular Hbond substituents is 1. The molecule has 0 aliphatic carbocycles. The van der Waals surface area contributed by atoms with Crippen LogP contribution < -0.4 is 0 Å². The van der Waals surface area contributed by atoms with Gasteiger partial charge < -0.3 is 10.0 Å². The predicted molar refractivity (Wildman–Crippen MR) is 138 cm³/mol. The summed E-state index contributed by atoms with van der Waals surface area (Å²) in [6.45, 7) is 18.7. The maximum atomic E-state index is 13.3. The van der Waals surface area contributed by atoms with Gasteiger partial charge in [0.1, 0.15) is 5.75 Å². The summed E-state index contributed by atoms with van der Waals surface area (Å²) in [5.41, 5.74) is 1.78. The fourth-order valence-electron chi connectivity index (χ4n) is 4.57. The van der Waals surface area contributed by atoms with Crippen LogP contribution in [0.4, 0.5) is 0 Å². The van der Waals surface area contributed by atoms with Crippen LogP contribution >= 0.6 is 12.4 Å². The number of hydrogen-bond donors (Lipinski definition) is 2. The van der Waals surface area contributed by atoms with Crippen molar-refractivity contribution in [2.75, 3.05) is 13.1 Å². The zero-order valence-corrected chi connectivity index (χ0v) is 22.3. The molecule has 32 heavy (non-hydrogen) atoms. The van der Waals surface area contributed by atoms with Gasteiger partial charge in [-0.2, -0.15) is 0 Å². The van der Waals surface area contributed by atoms with Crippen LogP contribution in [0.3, 0.4) is 0 Å². The standard InChI is InChI=1S/C27H44N2O2.ClH/c1-9-18(10-2)11-13-29-14-12-19(25(29)28)17-23(30)20-15-21(26(3,4)5)24(31)22(16-20)27(6,7)8;/h15-16,18-19,28,31H,9-14,17H2,1-8H3;1H. The average molecular weight is 465 g/mol. The average Bonchev–Trinajstić information content (AvgIpc) is 3.00. The number of ketones is 1. The van der Waals surface area contributed by atoms with E-state index >= 15 is 0 Å². The van der Waals surface area contributed by atoms with E-state index in [2.05, 4.69) is 60.3 Å². The van der Waals surface area contributed by atoms with Gasteiger partial charge in [-0.15, -0.1) is 12.4 Å². The number of hydrogen-bond acceptors (Lipinski definition) is 3. The number of carbonyl (C=O) groups is 1. The lowest BCUT2D eigenvalue weighted by Crippen LogP contribution is -2.29. The van der Waals surface area contributed by atoms with Gasteiger partial charge in [0.15, 0.2) is 5.78 Å². The van der Waals surface area contributed by atoms with Gasteiger partial charge in [0.05, 0.1) is 5.84 Å². The Hall–Kier alpha value is -1.55. The summed E-state index contributed by atoms with van der Waals surface area (Å²) in [5.74, 6) is 1.73. The minimum absolute atomic E-state index is 0. The third-order valence-electron chi connectivity index (χ3n) is 6.92. The monoisotopic (exact) mass is 464 g/mol. The van der Waals surface area contributed by atoms with E-state index in [0.717, 1.165) is 43.0 Å². The van der Waals surface area contributed by atoms with Gasteiger partial charge in [-0.3, -0.25) is 10.2 Å². The summed E-state index contributed by atoms with van der Waals surface area (Å²) < 4.78 is 0. The molecule has 0 aromatic heterocycles. The van der Waals surface area contributed by atoms with Crippen molar-refractivity contribution in [3.8, 4) is 5.75 Å². The molecule has 0 radical (unpaired) electrons. The third kappa shape index (κ3) is 6.73. The van der Waals surface area contributed by atoms with E-state index in [1.165, 1.54) is 12.8 Å². The Kier molecular flexibility index (Phi) is 9.83. The highest BCUT2D eigenvalue weighted by Crippen LogP contribution is 2.40. The summed E-state index contributed by atoms with van der Waals surface area (Å²) in [6, 6.07) is 3.74. The van der Waals surface area contributed by atoms with Gasteiger partial charge in [0.25, 0.3) is 0 Å². The first-order chi connectivity index (χ1) is 14.3. The third-order valence-corrected chi connectivity index (χ3v) is 6.92. The van der Waals surface area contributed by atoms with E-state index in [1.807, 2.05) is 12.1 Å². The van der Waals surface area contributed by atoms with Crippen molar-refractivity contribution in [2.45, 2.75) is 98.3 Å². The highest BCUT2D eigenvalue weighted by atomic mass is 35.5. The number of phenols is 1. The lowest BCUT2D eigenvalue weighted by atomic mass is 9.77. The molecule has 1 saturated heterocycles. The van der Waals surface area contributed by atoms with Crippen LogP contribution in [-0.2, 0) is 10.8 Å². The van der Waals surface area contributed by atoms with Crippen LogP contribution in [0, 0.1) is 17.2 Å². The first-order valence-corrected chi connectivity index (χ1v) is 12.0. The fourth-order valence-corrected chi connectivity index (χ4v) is 4.57. The Morgan fingerprint density at radius 3 is 2.03 bits per heavy atom. The van der Waals surface area contributed by atoms with Crippen LogP contribution in [0.15, 0.2) is 12.1 Å². The molecule has 0 saturated carbocycles. The van der Waals surface area contributed by atoms with Crippen LogP contribution in [0.1, 0.15) is 109 Å². The summed E-state index contributed by atoms with van der Waals surface area (Å²) in [4.78, 5) is 15.5. The van der Waals surface area contributed by atoms with Crippen LogP contribution in [0.25, 0.3) is 0 Å². The molecule has 5 heteroatoms. The second kappa shape index (κ2) is 11.0. The Balaban J connectivity index is 0.00000512. The first-order valence-electron chi connectivity index (χ1n) is 12.0. The molecule has 1 heterocycles. The van der Waals surface area contributed by atoms with Crippen molar-refractivity contribution in [2.24, 2.45) is 11.8 Å². The number of aromatic hydroxyl groups is 1. The van der Waals surface area contributed by atoms with Crippen molar-refractivity contribution < 1.29 is 9.90 Å². The second-order valence-corrected chi connectivity index (χ2v) is 11.4. The molecular weight excluding hydrogens is 420 g/mol. The topological polar surface area (TPSA) is 64.4 Å². The minimum atomic E-state index is -0.258. The minimum Gasteiger partial charge on any atom is -0.507 e. The van der Waals surface area contributed by atoms with E-state index in [-0.39, 0.29) is 34.9 Å². The molecule has 1 atom stereocenters. The van der Waals surface area contributed by atoms with Crippen molar-refractivity contribution in [1.29, 1.82) is 5.41 Å². The van der Waals surface area contributed by atoms with E-state index in [4.69, 9.17) is 5.41 Å². The molecule has 1 unspecified atom stereocenters. The maximum Gasteiger partial charge on any atom is 0.163 e. The largest absolute Gasteiger partial charge is 0.507 e. The molecule has 1 aromatic rings. The SMILES string of the molecule is CCC(CC)CCN1CCC(CC(=O)c2cc(C(C)(C)C)c(O)c(C(C)(C)C)c2)C1=N.Cl. The smallest absolute Gasteiger partial charge is 0.163 e. The van der Waals surface area contributed by atoms with Gasteiger partial charge in [-0.1, -0.05) is 68.2 Å². The van der Waals surface area contributed by atoms with E-state index in [9.17, 15) is 9.90 Å². The molecular formula is C27H45ClN2O2. The van der Waals surface area contributed by atoms with E-state index < -0.39 is 0 Å². The highest BCUT2D eigenvalue weighted by Gasteiger charge is 2.32. The van der Waals surface area contributed by atoms with Crippen LogP contribution in [0.2, 0.25) is 0 Å². The molecule has 0 bridgehead atoms. The molecule has 2 rings (SSSR count). The van der Waals surface area contributed by atoms with Gasteiger partial charge in [0.2, 0.25) is 0 Å². The molecule has 1 fully saturated rings. The van der Waals surface area contributed by atoms with Crippen LogP contribution in [-0.4, -0.2) is 34.7 Å². The number of likely N-dealkylation sites (tertiary alicyclic amines) is 1. The number of benzene rings is 1.